The molecule has 0 saturated carbocycles. The Bertz CT molecular complexity index is 332. The molecule has 0 aliphatic heterocycles. The van der Waals surface area contributed by atoms with Crippen LogP contribution in [0.1, 0.15) is 37.5 Å². The van der Waals surface area contributed by atoms with E-state index in [1.807, 2.05) is 25.1 Å². The summed E-state index contributed by atoms with van der Waals surface area (Å²) < 4.78 is 5.54. The largest absolute Gasteiger partial charge is 0.493 e. The van der Waals surface area contributed by atoms with Gasteiger partial charge in [0.05, 0.1) is 18.8 Å². The lowest BCUT2D eigenvalue weighted by Gasteiger charge is -2.12. The molecule has 0 aliphatic rings. The van der Waals surface area contributed by atoms with Crippen LogP contribution in [-0.2, 0) is 0 Å². The molecule has 0 spiro atoms. The Morgan fingerprint density at radius 2 is 1.94 bits per heavy atom. The maximum Gasteiger partial charge on any atom is 0.122 e. The lowest BCUT2D eigenvalue weighted by molar-refractivity contribution is 0.155. The number of hydrogen-bond acceptors (Lipinski definition) is 3. The van der Waals surface area contributed by atoms with Crippen LogP contribution in [0.4, 0.5) is 0 Å². The van der Waals surface area contributed by atoms with E-state index in [9.17, 15) is 5.11 Å². The Labute approximate surface area is 96.7 Å². The van der Waals surface area contributed by atoms with Gasteiger partial charge in [-0.1, -0.05) is 6.07 Å². The van der Waals surface area contributed by atoms with Crippen LogP contribution in [-0.4, -0.2) is 22.9 Å². The first-order valence-corrected chi connectivity index (χ1v) is 5.60. The van der Waals surface area contributed by atoms with Crippen LogP contribution < -0.4 is 4.74 Å². The van der Waals surface area contributed by atoms with Crippen molar-refractivity contribution in [2.75, 3.05) is 6.61 Å². The van der Waals surface area contributed by atoms with Crippen LogP contribution in [0, 0.1) is 6.92 Å². The first kappa shape index (κ1) is 13.0. The van der Waals surface area contributed by atoms with Crippen molar-refractivity contribution in [2.24, 2.45) is 0 Å². The van der Waals surface area contributed by atoms with Crippen molar-refractivity contribution in [1.82, 2.24) is 0 Å². The van der Waals surface area contributed by atoms with Crippen molar-refractivity contribution in [2.45, 2.75) is 39.4 Å². The van der Waals surface area contributed by atoms with Gasteiger partial charge in [0.2, 0.25) is 0 Å². The average molecular weight is 224 g/mol. The SMILES string of the molecule is Cc1cc([C@@H](C)O)ccc1OCCC(C)O. The number of aryl methyl sites for hydroxylation is 1. The molecule has 90 valence electrons. The van der Waals surface area contributed by atoms with Crippen LogP contribution in [0.15, 0.2) is 18.2 Å². The molecule has 1 aromatic rings. The zero-order chi connectivity index (χ0) is 12.1. The fourth-order valence-corrected chi connectivity index (χ4v) is 1.43. The molecule has 0 aliphatic carbocycles. The summed E-state index contributed by atoms with van der Waals surface area (Å²) in [6, 6.07) is 5.64. The maximum absolute atomic E-state index is 9.41. The molecule has 0 fully saturated rings. The van der Waals surface area contributed by atoms with Crippen LogP contribution >= 0.6 is 0 Å². The standard InChI is InChI=1S/C13H20O3/c1-9-8-12(11(3)15)4-5-13(9)16-7-6-10(2)14/h4-5,8,10-11,14-15H,6-7H2,1-3H3/t10?,11-/m1/s1. The van der Waals surface area contributed by atoms with Gasteiger partial charge in [-0.25, -0.2) is 0 Å². The molecule has 0 amide bonds. The summed E-state index contributed by atoms with van der Waals surface area (Å²) >= 11 is 0. The number of rotatable bonds is 5. The molecule has 0 bridgehead atoms. The molecule has 0 radical (unpaired) electrons. The molecule has 0 heterocycles. The molecular weight excluding hydrogens is 204 g/mol. The van der Waals surface area contributed by atoms with Crippen LogP contribution in [0.3, 0.4) is 0 Å². The van der Waals surface area contributed by atoms with E-state index in [2.05, 4.69) is 0 Å². The summed E-state index contributed by atoms with van der Waals surface area (Å²) in [6.45, 7) is 5.94. The zero-order valence-electron chi connectivity index (χ0n) is 10.1. The Morgan fingerprint density at radius 1 is 1.25 bits per heavy atom. The summed E-state index contributed by atoms with van der Waals surface area (Å²) in [6.07, 6.45) is -0.167. The topological polar surface area (TPSA) is 49.7 Å². The molecule has 3 nitrogen and oxygen atoms in total. The minimum absolute atomic E-state index is 0.336. The smallest absolute Gasteiger partial charge is 0.122 e. The van der Waals surface area contributed by atoms with E-state index in [1.165, 1.54) is 0 Å². The predicted octanol–water partition coefficient (Wildman–Crippen LogP) is 2.20. The third kappa shape index (κ3) is 3.83. The van der Waals surface area contributed by atoms with Crippen molar-refractivity contribution in [3.05, 3.63) is 29.3 Å². The third-order valence-corrected chi connectivity index (χ3v) is 2.47. The highest BCUT2D eigenvalue weighted by Crippen LogP contribution is 2.22. The van der Waals surface area contributed by atoms with Gasteiger partial charge >= 0.3 is 0 Å². The van der Waals surface area contributed by atoms with Gasteiger partial charge in [-0.05, 0) is 44.0 Å². The first-order valence-electron chi connectivity index (χ1n) is 5.60. The van der Waals surface area contributed by atoms with Gasteiger partial charge < -0.3 is 14.9 Å². The molecule has 0 aromatic heterocycles. The monoisotopic (exact) mass is 224 g/mol. The maximum atomic E-state index is 9.41. The summed E-state index contributed by atoms with van der Waals surface area (Å²) in [7, 11) is 0. The minimum Gasteiger partial charge on any atom is -0.493 e. The summed E-state index contributed by atoms with van der Waals surface area (Å²) in [5.74, 6) is 0.810. The lowest BCUT2D eigenvalue weighted by Crippen LogP contribution is -2.08. The molecule has 3 heteroatoms. The normalized spacial score (nSPS) is 14.6. The fourth-order valence-electron chi connectivity index (χ4n) is 1.43. The number of aliphatic hydroxyl groups excluding tert-OH is 2. The minimum atomic E-state index is -0.454. The molecule has 0 saturated heterocycles. The quantitative estimate of drug-likeness (QED) is 0.806. The molecular formula is C13H20O3. The van der Waals surface area contributed by atoms with Gasteiger partial charge in [-0.15, -0.1) is 0 Å². The van der Waals surface area contributed by atoms with Crippen LogP contribution in [0.25, 0.3) is 0 Å². The van der Waals surface area contributed by atoms with E-state index in [-0.39, 0.29) is 6.10 Å². The fraction of sp³-hybridized carbons (Fsp3) is 0.538. The molecule has 2 atom stereocenters. The van der Waals surface area contributed by atoms with Crippen molar-refractivity contribution >= 4 is 0 Å². The lowest BCUT2D eigenvalue weighted by atomic mass is 10.1. The van der Waals surface area contributed by atoms with Gasteiger partial charge in [0.25, 0.3) is 0 Å². The second kappa shape index (κ2) is 5.87. The zero-order valence-corrected chi connectivity index (χ0v) is 10.1. The highest BCUT2D eigenvalue weighted by molar-refractivity contribution is 5.36. The highest BCUT2D eigenvalue weighted by Gasteiger charge is 2.05. The van der Waals surface area contributed by atoms with Crippen molar-refractivity contribution in [1.29, 1.82) is 0 Å². The second-order valence-corrected chi connectivity index (χ2v) is 4.19. The van der Waals surface area contributed by atoms with E-state index in [0.29, 0.717) is 13.0 Å². The molecule has 1 aromatic carbocycles. The van der Waals surface area contributed by atoms with Gasteiger partial charge in [0.15, 0.2) is 0 Å². The van der Waals surface area contributed by atoms with E-state index in [0.717, 1.165) is 16.9 Å². The van der Waals surface area contributed by atoms with Crippen LogP contribution in [0.2, 0.25) is 0 Å². The Kier molecular flexibility index (Phi) is 4.77. The number of benzene rings is 1. The number of hydrogen-bond donors (Lipinski definition) is 2. The first-order chi connectivity index (χ1) is 7.50. The average Bonchev–Trinajstić information content (AvgIpc) is 2.19. The van der Waals surface area contributed by atoms with Gasteiger partial charge in [-0.3, -0.25) is 0 Å². The van der Waals surface area contributed by atoms with Gasteiger partial charge in [-0.2, -0.15) is 0 Å². The summed E-state index contributed by atoms with van der Waals surface area (Å²) in [5.41, 5.74) is 1.89. The molecule has 1 rings (SSSR count). The Balaban J connectivity index is 2.61. The van der Waals surface area contributed by atoms with Crippen molar-refractivity contribution in [3.8, 4) is 5.75 Å². The third-order valence-electron chi connectivity index (χ3n) is 2.47. The molecule has 16 heavy (non-hydrogen) atoms. The number of ether oxygens (including phenoxy) is 1. The van der Waals surface area contributed by atoms with Crippen LogP contribution in [0.5, 0.6) is 5.75 Å². The number of aliphatic hydroxyl groups is 2. The van der Waals surface area contributed by atoms with E-state index < -0.39 is 6.10 Å². The van der Waals surface area contributed by atoms with E-state index >= 15 is 0 Å². The Morgan fingerprint density at radius 3 is 2.44 bits per heavy atom. The highest BCUT2D eigenvalue weighted by atomic mass is 16.5. The van der Waals surface area contributed by atoms with Crippen molar-refractivity contribution < 1.29 is 14.9 Å². The molecule has 1 unspecified atom stereocenters. The second-order valence-electron chi connectivity index (χ2n) is 4.19. The van der Waals surface area contributed by atoms with E-state index in [4.69, 9.17) is 9.84 Å². The van der Waals surface area contributed by atoms with E-state index in [1.54, 1.807) is 13.8 Å². The van der Waals surface area contributed by atoms with Gasteiger partial charge in [0, 0.05) is 6.42 Å². The molecule has 2 N–H and O–H groups in total. The summed E-state index contributed by atoms with van der Waals surface area (Å²) in [5, 5.41) is 18.5. The summed E-state index contributed by atoms with van der Waals surface area (Å²) in [4.78, 5) is 0. The Hall–Kier alpha value is -1.06. The van der Waals surface area contributed by atoms with Crippen molar-refractivity contribution in [3.63, 3.8) is 0 Å². The predicted molar refractivity (Wildman–Crippen MR) is 63.6 cm³/mol. The van der Waals surface area contributed by atoms with Gasteiger partial charge in [0.1, 0.15) is 5.75 Å².